The van der Waals surface area contributed by atoms with Gasteiger partial charge in [0.15, 0.2) is 0 Å². The van der Waals surface area contributed by atoms with Crippen LogP contribution in [0.1, 0.15) is 37.6 Å². The van der Waals surface area contributed by atoms with Gasteiger partial charge in [0.25, 0.3) is 15.9 Å². The number of sulfonamides is 1. The molecule has 0 bridgehead atoms. The lowest BCUT2D eigenvalue weighted by Crippen LogP contribution is -2.43. The van der Waals surface area contributed by atoms with Crippen molar-refractivity contribution in [3.8, 4) is 11.3 Å². The average molecular weight is 484 g/mol. The number of hydrogen-bond donors (Lipinski definition) is 2. The van der Waals surface area contributed by atoms with Gasteiger partial charge in [0, 0.05) is 23.8 Å². The van der Waals surface area contributed by atoms with Crippen LogP contribution in [-0.2, 0) is 10.0 Å². The predicted octanol–water partition coefficient (Wildman–Crippen LogP) is 3.61. The Morgan fingerprint density at radius 1 is 1.18 bits per heavy atom. The van der Waals surface area contributed by atoms with Gasteiger partial charge in [0.05, 0.1) is 11.3 Å². The highest BCUT2D eigenvalue weighted by Crippen LogP contribution is 2.39. The van der Waals surface area contributed by atoms with Crippen molar-refractivity contribution in [2.45, 2.75) is 37.6 Å². The first-order chi connectivity index (χ1) is 16.0. The van der Waals surface area contributed by atoms with Crippen molar-refractivity contribution < 1.29 is 17.6 Å². The van der Waals surface area contributed by atoms with Crippen molar-refractivity contribution >= 4 is 27.6 Å². The molecule has 1 fully saturated rings. The third-order valence-electron chi connectivity index (χ3n) is 6.52. The van der Waals surface area contributed by atoms with E-state index in [1.54, 1.807) is 18.2 Å². The molecule has 0 aliphatic carbocycles. The van der Waals surface area contributed by atoms with Crippen molar-refractivity contribution in [3.63, 3.8) is 0 Å². The molecule has 4 rings (SSSR count). The van der Waals surface area contributed by atoms with Crippen molar-refractivity contribution in [3.05, 3.63) is 66.1 Å². The molecule has 178 valence electrons. The number of carbonyl (C=O) groups excluding carboxylic acids is 1. The second-order valence-corrected chi connectivity index (χ2v) is 10.5. The molecule has 1 saturated heterocycles. The lowest BCUT2D eigenvalue weighted by molar-refractivity contribution is 0.0981. The SMILES string of the molecule is CC1CCN(c2nc(-c3ccc(F)cc3)ccc2C(=O)NS(=O)(=O)c2cccnc2N)C1(C)C. The molecule has 1 amide bonds. The number of pyridine rings is 2. The number of hydrogen-bond acceptors (Lipinski definition) is 7. The molecule has 3 N–H and O–H groups in total. The Bertz CT molecular complexity index is 1340. The molecule has 0 radical (unpaired) electrons. The molecule has 3 heterocycles. The van der Waals surface area contributed by atoms with Crippen molar-refractivity contribution in [1.82, 2.24) is 14.7 Å². The Morgan fingerprint density at radius 3 is 2.50 bits per heavy atom. The van der Waals surface area contributed by atoms with Gasteiger partial charge in [-0.15, -0.1) is 0 Å². The third-order valence-corrected chi connectivity index (χ3v) is 7.90. The number of benzene rings is 1. The largest absolute Gasteiger partial charge is 0.383 e. The topological polar surface area (TPSA) is 118 Å². The molecular formula is C24H26FN5O3S. The second kappa shape index (κ2) is 8.68. The Labute approximate surface area is 198 Å². The summed E-state index contributed by atoms with van der Waals surface area (Å²) in [5, 5.41) is 0. The highest BCUT2D eigenvalue weighted by Gasteiger charge is 2.41. The van der Waals surface area contributed by atoms with Crippen LogP contribution in [0.5, 0.6) is 0 Å². The first-order valence-corrected chi connectivity index (χ1v) is 12.3. The zero-order valence-electron chi connectivity index (χ0n) is 19.1. The summed E-state index contributed by atoms with van der Waals surface area (Å²) in [6.45, 7) is 6.90. The summed E-state index contributed by atoms with van der Waals surface area (Å²) in [5.74, 6) is -0.718. The second-order valence-electron chi connectivity index (χ2n) is 8.89. The van der Waals surface area contributed by atoms with E-state index >= 15 is 0 Å². The van der Waals surface area contributed by atoms with Crippen LogP contribution in [0.2, 0.25) is 0 Å². The fourth-order valence-corrected chi connectivity index (χ4v) is 5.13. The predicted molar refractivity (Wildman–Crippen MR) is 128 cm³/mol. The number of halogens is 1. The zero-order valence-corrected chi connectivity index (χ0v) is 19.9. The summed E-state index contributed by atoms with van der Waals surface area (Å²) in [4.78, 5) is 23.5. The lowest BCUT2D eigenvalue weighted by atomic mass is 9.90. The number of amides is 1. The van der Waals surface area contributed by atoms with E-state index in [9.17, 15) is 17.6 Å². The van der Waals surface area contributed by atoms with Crippen LogP contribution in [0, 0.1) is 11.7 Å². The minimum absolute atomic E-state index is 0.110. The lowest BCUT2D eigenvalue weighted by Gasteiger charge is -2.36. The third kappa shape index (κ3) is 4.33. The zero-order chi connectivity index (χ0) is 24.7. The molecule has 1 aliphatic rings. The number of nitrogens with zero attached hydrogens (tertiary/aromatic N) is 3. The van der Waals surface area contributed by atoms with Crippen LogP contribution >= 0.6 is 0 Å². The summed E-state index contributed by atoms with van der Waals surface area (Å²) in [6, 6.07) is 11.7. The number of nitrogens with two attached hydrogens (primary N) is 1. The van der Waals surface area contributed by atoms with E-state index in [4.69, 9.17) is 10.7 Å². The number of carbonyl (C=O) groups is 1. The van der Waals surface area contributed by atoms with Gasteiger partial charge < -0.3 is 10.6 Å². The van der Waals surface area contributed by atoms with Crippen LogP contribution in [-0.4, -0.2) is 36.4 Å². The molecule has 1 atom stereocenters. The quantitative estimate of drug-likeness (QED) is 0.569. The van der Waals surface area contributed by atoms with E-state index in [0.717, 1.165) is 6.42 Å². The van der Waals surface area contributed by atoms with E-state index in [0.29, 0.717) is 29.5 Å². The Hall–Kier alpha value is -3.53. The number of anilines is 2. The molecule has 1 aromatic carbocycles. The Kier molecular flexibility index (Phi) is 6.03. The Balaban J connectivity index is 1.78. The highest BCUT2D eigenvalue weighted by molar-refractivity contribution is 7.90. The Morgan fingerprint density at radius 2 is 1.88 bits per heavy atom. The van der Waals surface area contributed by atoms with Crippen molar-refractivity contribution in [1.29, 1.82) is 0 Å². The normalized spacial score (nSPS) is 17.5. The molecule has 34 heavy (non-hydrogen) atoms. The highest BCUT2D eigenvalue weighted by atomic mass is 32.2. The molecule has 0 saturated carbocycles. The van der Waals surface area contributed by atoms with Gasteiger partial charge in [-0.25, -0.2) is 27.5 Å². The van der Waals surface area contributed by atoms with E-state index in [-0.39, 0.29) is 27.6 Å². The van der Waals surface area contributed by atoms with E-state index in [2.05, 4.69) is 30.5 Å². The summed E-state index contributed by atoms with van der Waals surface area (Å²) in [5.41, 5.74) is 6.71. The van der Waals surface area contributed by atoms with Gasteiger partial charge >= 0.3 is 0 Å². The molecular weight excluding hydrogens is 457 g/mol. The van der Waals surface area contributed by atoms with E-state index in [1.807, 2.05) is 4.90 Å². The first kappa shape index (κ1) is 23.6. The molecule has 8 nitrogen and oxygen atoms in total. The van der Waals surface area contributed by atoms with Gasteiger partial charge in [-0.05, 0) is 74.7 Å². The fraction of sp³-hybridized carbons (Fsp3) is 0.292. The first-order valence-electron chi connectivity index (χ1n) is 10.8. The maximum Gasteiger partial charge on any atom is 0.268 e. The van der Waals surface area contributed by atoms with Crippen LogP contribution in [0.25, 0.3) is 11.3 Å². The summed E-state index contributed by atoms with van der Waals surface area (Å²) < 4.78 is 41.2. The average Bonchev–Trinajstić information content (AvgIpc) is 3.05. The van der Waals surface area contributed by atoms with Crippen LogP contribution in [0.15, 0.2) is 59.6 Å². The standard InChI is InChI=1S/C24H26FN5O3S/c1-15-12-14-30(24(15,2)3)22-18(10-11-19(28-22)16-6-8-17(25)9-7-16)23(31)29-34(32,33)20-5-4-13-27-21(20)26/h4-11,13,15H,12,14H2,1-3H3,(H2,26,27)(H,29,31). The van der Waals surface area contributed by atoms with Gasteiger partial charge in [-0.1, -0.05) is 6.92 Å². The van der Waals surface area contributed by atoms with E-state index < -0.39 is 15.9 Å². The maximum atomic E-state index is 13.4. The van der Waals surface area contributed by atoms with Crippen molar-refractivity contribution in [2.24, 2.45) is 5.92 Å². The fourth-order valence-electron chi connectivity index (χ4n) is 4.08. The van der Waals surface area contributed by atoms with Gasteiger partial charge in [0.2, 0.25) is 0 Å². The van der Waals surface area contributed by atoms with E-state index in [1.165, 1.54) is 36.5 Å². The number of aromatic nitrogens is 2. The molecule has 1 unspecified atom stereocenters. The minimum Gasteiger partial charge on any atom is -0.383 e. The van der Waals surface area contributed by atoms with Gasteiger partial charge in [0.1, 0.15) is 22.3 Å². The molecule has 0 spiro atoms. The summed E-state index contributed by atoms with van der Waals surface area (Å²) in [7, 11) is -4.26. The van der Waals surface area contributed by atoms with Crippen molar-refractivity contribution in [2.75, 3.05) is 17.2 Å². The van der Waals surface area contributed by atoms with Gasteiger partial charge in [-0.3, -0.25) is 4.79 Å². The maximum absolute atomic E-state index is 13.4. The molecule has 1 aliphatic heterocycles. The van der Waals surface area contributed by atoms with Gasteiger partial charge in [-0.2, -0.15) is 0 Å². The number of nitrogens with one attached hydrogen (secondary N) is 1. The van der Waals surface area contributed by atoms with Crippen LogP contribution in [0.3, 0.4) is 0 Å². The number of nitrogen functional groups attached to an aromatic ring is 1. The smallest absolute Gasteiger partial charge is 0.268 e. The molecule has 2 aromatic heterocycles. The molecule has 3 aromatic rings. The monoisotopic (exact) mass is 483 g/mol. The summed E-state index contributed by atoms with van der Waals surface area (Å²) in [6.07, 6.45) is 2.25. The minimum atomic E-state index is -4.26. The summed E-state index contributed by atoms with van der Waals surface area (Å²) >= 11 is 0. The van der Waals surface area contributed by atoms with Crippen LogP contribution in [0.4, 0.5) is 16.0 Å². The molecule has 10 heteroatoms. The van der Waals surface area contributed by atoms with Crippen LogP contribution < -0.4 is 15.4 Å². The number of rotatable bonds is 5.